The summed E-state index contributed by atoms with van der Waals surface area (Å²) in [7, 11) is 3.17. The van der Waals surface area contributed by atoms with Gasteiger partial charge >= 0.3 is 5.97 Å². The van der Waals surface area contributed by atoms with E-state index in [1.165, 1.54) is 7.11 Å². The fourth-order valence-corrected chi connectivity index (χ4v) is 2.17. The number of nitrogens with zero attached hydrogens (tertiary/aromatic N) is 1. The number of carbonyl (C=O) groups excluding carboxylic acids is 1. The Morgan fingerprint density at radius 1 is 1.37 bits per heavy atom. The Balaban J connectivity index is 2.48. The van der Waals surface area contributed by atoms with E-state index in [0.29, 0.717) is 6.04 Å². The Morgan fingerprint density at radius 3 is 2.53 bits per heavy atom. The monoisotopic (exact) mass is 272 g/mol. The normalized spacial score (nSPS) is 18.4. The molecule has 1 atom stereocenters. The molecule has 1 aliphatic rings. The van der Waals surface area contributed by atoms with Crippen LogP contribution in [-0.2, 0) is 14.3 Å². The van der Waals surface area contributed by atoms with E-state index in [4.69, 9.17) is 9.47 Å². The van der Waals surface area contributed by atoms with Crippen LogP contribution < -0.4 is 5.32 Å². The van der Waals surface area contributed by atoms with E-state index in [1.807, 2.05) is 6.92 Å². The fraction of sp³-hybridized carbons (Fsp3) is 0.929. The molecule has 0 radical (unpaired) electrons. The third kappa shape index (κ3) is 5.47. The standard InChI is InChI=1S/C14H28N2O3/c1-5-16(10-11-18-3)9-8-14(2,13(17)19-4)15-12-6-7-12/h12,15H,5-11H2,1-4H3. The van der Waals surface area contributed by atoms with E-state index in [9.17, 15) is 4.79 Å². The molecule has 0 bridgehead atoms. The molecule has 112 valence electrons. The molecule has 5 nitrogen and oxygen atoms in total. The molecule has 1 N–H and O–H groups in total. The lowest BCUT2D eigenvalue weighted by atomic mass is 9.97. The van der Waals surface area contributed by atoms with Gasteiger partial charge in [0.1, 0.15) is 5.54 Å². The van der Waals surface area contributed by atoms with Gasteiger partial charge in [-0.05, 0) is 32.7 Å². The molecular weight excluding hydrogens is 244 g/mol. The number of nitrogens with one attached hydrogen (secondary N) is 1. The van der Waals surface area contributed by atoms with Crippen LogP contribution in [0.3, 0.4) is 0 Å². The van der Waals surface area contributed by atoms with Gasteiger partial charge in [-0.25, -0.2) is 0 Å². The van der Waals surface area contributed by atoms with Crippen LogP contribution >= 0.6 is 0 Å². The summed E-state index contributed by atoms with van der Waals surface area (Å²) in [6, 6.07) is 0.484. The first-order chi connectivity index (χ1) is 9.05. The summed E-state index contributed by atoms with van der Waals surface area (Å²) >= 11 is 0. The quantitative estimate of drug-likeness (QED) is 0.602. The van der Waals surface area contributed by atoms with Gasteiger partial charge in [0.15, 0.2) is 0 Å². The molecule has 1 rings (SSSR count). The fourth-order valence-electron chi connectivity index (χ4n) is 2.17. The first-order valence-electron chi connectivity index (χ1n) is 7.13. The summed E-state index contributed by atoms with van der Waals surface area (Å²) in [5.74, 6) is -0.165. The molecule has 0 saturated heterocycles. The maximum absolute atomic E-state index is 12.0. The molecule has 5 heteroatoms. The molecule has 0 heterocycles. The van der Waals surface area contributed by atoms with Gasteiger partial charge in [-0.15, -0.1) is 0 Å². The molecule has 0 aromatic carbocycles. The Bertz CT molecular complexity index is 282. The van der Waals surface area contributed by atoms with E-state index in [0.717, 1.165) is 45.5 Å². The van der Waals surface area contributed by atoms with Gasteiger partial charge in [-0.1, -0.05) is 6.92 Å². The second-order valence-corrected chi connectivity index (χ2v) is 5.42. The minimum atomic E-state index is -0.573. The lowest BCUT2D eigenvalue weighted by Crippen LogP contribution is -2.53. The van der Waals surface area contributed by atoms with Crippen molar-refractivity contribution in [3.63, 3.8) is 0 Å². The van der Waals surface area contributed by atoms with Crippen LogP contribution in [0.4, 0.5) is 0 Å². The zero-order chi connectivity index (χ0) is 14.3. The molecule has 0 aliphatic heterocycles. The average molecular weight is 272 g/mol. The zero-order valence-electron chi connectivity index (χ0n) is 12.7. The molecule has 0 amide bonds. The van der Waals surface area contributed by atoms with E-state index >= 15 is 0 Å². The molecule has 0 aromatic heterocycles. The van der Waals surface area contributed by atoms with Crippen molar-refractivity contribution in [3.05, 3.63) is 0 Å². The number of likely N-dealkylation sites (N-methyl/N-ethyl adjacent to an activating group) is 1. The molecule has 1 fully saturated rings. The van der Waals surface area contributed by atoms with Crippen LogP contribution in [0.2, 0.25) is 0 Å². The maximum atomic E-state index is 12.0. The SMILES string of the molecule is CCN(CCOC)CCC(C)(NC1CC1)C(=O)OC. The smallest absolute Gasteiger partial charge is 0.325 e. The Labute approximate surface area is 116 Å². The molecule has 0 aromatic rings. The van der Waals surface area contributed by atoms with Crippen molar-refractivity contribution in [2.24, 2.45) is 0 Å². The number of esters is 1. The molecule has 1 saturated carbocycles. The van der Waals surface area contributed by atoms with Crippen molar-refractivity contribution >= 4 is 5.97 Å². The van der Waals surface area contributed by atoms with Crippen molar-refractivity contribution in [2.45, 2.75) is 44.7 Å². The number of carbonyl (C=O) groups is 1. The van der Waals surface area contributed by atoms with E-state index in [2.05, 4.69) is 17.1 Å². The van der Waals surface area contributed by atoms with Gasteiger partial charge in [-0.2, -0.15) is 0 Å². The molecule has 1 aliphatic carbocycles. The lowest BCUT2D eigenvalue weighted by molar-refractivity contribution is -0.148. The van der Waals surface area contributed by atoms with Crippen LogP contribution in [-0.4, -0.2) is 62.9 Å². The van der Waals surface area contributed by atoms with E-state index in [1.54, 1.807) is 7.11 Å². The molecule has 1 unspecified atom stereocenters. The van der Waals surface area contributed by atoms with Gasteiger partial charge in [-0.3, -0.25) is 10.1 Å². The summed E-state index contributed by atoms with van der Waals surface area (Å²) in [5, 5.41) is 3.42. The number of hydrogen-bond acceptors (Lipinski definition) is 5. The van der Waals surface area contributed by atoms with Crippen molar-refractivity contribution in [2.75, 3.05) is 40.5 Å². The largest absolute Gasteiger partial charge is 0.468 e. The molecular formula is C14H28N2O3. The first kappa shape index (κ1) is 16.4. The number of ether oxygens (including phenoxy) is 2. The summed E-state index contributed by atoms with van der Waals surface area (Å²) in [5.41, 5.74) is -0.573. The second kappa shape index (κ2) is 7.82. The summed E-state index contributed by atoms with van der Waals surface area (Å²) in [4.78, 5) is 14.3. The summed E-state index contributed by atoms with van der Waals surface area (Å²) in [6.45, 7) is 7.52. The third-order valence-corrected chi connectivity index (χ3v) is 3.72. The highest BCUT2D eigenvalue weighted by Crippen LogP contribution is 2.25. The number of hydrogen-bond donors (Lipinski definition) is 1. The van der Waals surface area contributed by atoms with Crippen molar-refractivity contribution in [3.8, 4) is 0 Å². The van der Waals surface area contributed by atoms with Gasteiger partial charge in [0, 0.05) is 26.2 Å². The van der Waals surface area contributed by atoms with Crippen molar-refractivity contribution in [1.29, 1.82) is 0 Å². The Kier molecular flexibility index (Phi) is 6.75. The van der Waals surface area contributed by atoms with Crippen molar-refractivity contribution in [1.82, 2.24) is 10.2 Å². The van der Waals surface area contributed by atoms with Crippen LogP contribution in [0.25, 0.3) is 0 Å². The van der Waals surface area contributed by atoms with Gasteiger partial charge in [0.25, 0.3) is 0 Å². The topological polar surface area (TPSA) is 50.8 Å². The third-order valence-electron chi connectivity index (χ3n) is 3.72. The summed E-state index contributed by atoms with van der Waals surface area (Å²) < 4.78 is 10.0. The highest BCUT2D eigenvalue weighted by atomic mass is 16.5. The van der Waals surface area contributed by atoms with Crippen molar-refractivity contribution < 1.29 is 14.3 Å². The lowest BCUT2D eigenvalue weighted by Gasteiger charge is -2.31. The van der Waals surface area contributed by atoms with Crippen LogP contribution in [0.15, 0.2) is 0 Å². The van der Waals surface area contributed by atoms with Gasteiger partial charge in [0.2, 0.25) is 0 Å². The predicted molar refractivity (Wildman–Crippen MR) is 75.2 cm³/mol. The maximum Gasteiger partial charge on any atom is 0.325 e. The van der Waals surface area contributed by atoms with Gasteiger partial charge in [0.05, 0.1) is 13.7 Å². The van der Waals surface area contributed by atoms with Crippen LogP contribution in [0.1, 0.15) is 33.1 Å². The number of methoxy groups -OCH3 is 2. The van der Waals surface area contributed by atoms with Crippen LogP contribution in [0.5, 0.6) is 0 Å². The van der Waals surface area contributed by atoms with E-state index < -0.39 is 5.54 Å². The van der Waals surface area contributed by atoms with Gasteiger partial charge < -0.3 is 14.4 Å². The predicted octanol–water partition coefficient (Wildman–Crippen LogP) is 1.03. The highest BCUT2D eigenvalue weighted by molar-refractivity contribution is 5.80. The minimum absolute atomic E-state index is 0.165. The average Bonchev–Trinajstić information content (AvgIpc) is 3.21. The molecule has 19 heavy (non-hydrogen) atoms. The highest BCUT2D eigenvalue weighted by Gasteiger charge is 2.39. The second-order valence-electron chi connectivity index (χ2n) is 5.42. The number of rotatable bonds is 10. The van der Waals surface area contributed by atoms with Crippen LogP contribution in [0, 0.1) is 0 Å². The summed E-state index contributed by atoms with van der Waals surface area (Å²) in [6.07, 6.45) is 3.08. The molecule has 0 spiro atoms. The van der Waals surface area contributed by atoms with E-state index in [-0.39, 0.29) is 5.97 Å². The first-order valence-corrected chi connectivity index (χ1v) is 7.13. The zero-order valence-corrected chi connectivity index (χ0v) is 12.7. The minimum Gasteiger partial charge on any atom is -0.468 e. The Hall–Kier alpha value is -0.650. The Morgan fingerprint density at radius 2 is 2.05 bits per heavy atom.